The van der Waals surface area contributed by atoms with Crippen molar-refractivity contribution >= 4 is 11.9 Å². The Morgan fingerprint density at radius 3 is 1.09 bits per heavy atom. The number of aliphatic carboxylic acids is 2. The summed E-state index contributed by atoms with van der Waals surface area (Å²) in [6.07, 6.45) is 24.9. The molecule has 0 spiro atoms. The zero-order valence-electron chi connectivity index (χ0n) is 22.0. The Morgan fingerprint density at radius 1 is 0.485 bits per heavy atom. The summed E-state index contributed by atoms with van der Waals surface area (Å²) in [6, 6.07) is 0. The zero-order valence-corrected chi connectivity index (χ0v) is 22.0. The van der Waals surface area contributed by atoms with Crippen LogP contribution in [-0.2, 0) is 9.59 Å². The van der Waals surface area contributed by atoms with Crippen LogP contribution in [0.3, 0.4) is 0 Å². The average molecular weight is 473 g/mol. The highest BCUT2D eigenvalue weighted by atomic mass is 16.4. The average Bonchev–Trinajstić information content (AvgIpc) is 2.77. The summed E-state index contributed by atoms with van der Waals surface area (Å²) in [5, 5.41) is 26.7. The molecule has 0 bridgehead atoms. The molecular formula is C28H56O5. The molecule has 0 fully saturated rings. The molecule has 5 heteroatoms. The molecule has 0 aromatic rings. The van der Waals surface area contributed by atoms with Crippen molar-refractivity contribution in [2.75, 3.05) is 0 Å². The summed E-state index contributed by atoms with van der Waals surface area (Å²) in [6.45, 7) is 4.41. The predicted molar refractivity (Wildman–Crippen MR) is 139 cm³/mol. The van der Waals surface area contributed by atoms with Gasteiger partial charge in [0, 0.05) is 12.8 Å². The molecule has 0 amide bonds. The number of aliphatic hydroxyl groups is 1. The van der Waals surface area contributed by atoms with Crippen molar-refractivity contribution in [3.63, 3.8) is 0 Å². The van der Waals surface area contributed by atoms with Crippen molar-refractivity contribution < 1.29 is 24.9 Å². The van der Waals surface area contributed by atoms with E-state index in [0.29, 0.717) is 12.8 Å². The van der Waals surface area contributed by atoms with Crippen molar-refractivity contribution in [3.05, 3.63) is 0 Å². The van der Waals surface area contributed by atoms with Gasteiger partial charge in [-0.05, 0) is 25.7 Å². The van der Waals surface area contributed by atoms with Crippen LogP contribution < -0.4 is 0 Å². The molecule has 0 heterocycles. The summed E-state index contributed by atoms with van der Waals surface area (Å²) in [7, 11) is 0. The highest BCUT2D eigenvalue weighted by molar-refractivity contribution is 5.66. The minimum Gasteiger partial charge on any atom is -0.481 e. The van der Waals surface area contributed by atoms with E-state index in [-0.39, 0.29) is 6.10 Å². The Morgan fingerprint density at radius 2 is 0.758 bits per heavy atom. The molecule has 5 nitrogen and oxygen atoms in total. The molecule has 0 radical (unpaired) electrons. The molecule has 1 atom stereocenters. The van der Waals surface area contributed by atoms with Gasteiger partial charge < -0.3 is 15.3 Å². The minimum atomic E-state index is -0.678. The lowest BCUT2D eigenvalue weighted by atomic mass is 10.0. The monoisotopic (exact) mass is 472 g/mol. The molecular weight excluding hydrogens is 416 g/mol. The molecule has 0 saturated carbocycles. The van der Waals surface area contributed by atoms with Crippen LogP contribution in [0.15, 0.2) is 0 Å². The number of carbonyl (C=O) groups is 2. The number of carboxylic acids is 2. The minimum absolute atomic E-state index is 0.0853. The number of carboxylic acid groups (broad SMARTS) is 2. The van der Waals surface area contributed by atoms with E-state index in [1.165, 1.54) is 83.5 Å². The molecule has 198 valence electrons. The molecule has 3 N–H and O–H groups in total. The maximum Gasteiger partial charge on any atom is 0.303 e. The van der Waals surface area contributed by atoms with Gasteiger partial charge in [0.25, 0.3) is 0 Å². The van der Waals surface area contributed by atoms with Gasteiger partial charge in [0.15, 0.2) is 0 Å². The number of rotatable bonds is 24. The van der Waals surface area contributed by atoms with Crippen molar-refractivity contribution in [2.45, 2.75) is 168 Å². The number of aliphatic hydroxyl groups excluding tert-OH is 1. The summed E-state index contributed by atoms with van der Waals surface area (Å²) in [4.78, 5) is 20.5. The molecule has 0 saturated heterocycles. The first-order chi connectivity index (χ1) is 15.9. The maximum absolute atomic E-state index is 10.3. The van der Waals surface area contributed by atoms with Gasteiger partial charge in [0.05, 0.1) is 6.10 Å². The van der Waals surface area contributed by atoms with Crippen LogP contribution in [-0.4, -0.2) is 33.4 Å². The summed E-state index contributed by atoms with van der Waals surface area (Å²) >= 11 is 0. The molecule has 1 unspecified atom stereocenters. The van der Waals surface area contributed by atoms with Gasteiger partial charge >= 0.3 is 11.9 Å². The standard InChI is InChI=1S/C18H36O3.C10H20O2/c1-2-3-4-11-14-17(19)15-12-9-7-5-6-8-10-13-16-18(20)21;1-2-3-4-5-6-7-8-9-10(11)12/h17,19H,2-16H2,1H3,(H,20,21);2-9H2,1H3,(H,11,12). The van der Waals surface area contributed by atoms with Crippen molar-refractivity contribution in [2.24, 2.45) is 0 Å². The Balaban J connectivity index is 0. The van der Waals surface area contributed by atoms with Gasteiger partial charge in [-0.15, -0.1) is 0 Å². The van der Waals surface area contributed by atoms with Crippen molar-refractivity contribution in [1.82, 2.24) is 0 Å². The first-order valence-corrected chi connectivity index (χ1v) is 14.1. The molecule has 33 heavy (non-hydrogen) atoms. The lowest BCUT2D eigenvalue weighted by Gasteiger charge is -2.10. The van der Waals surface area contributed by atoms with Gasteiger partial charge in [-0.2, -0.15) is 0 Å². The van der Waals surface area contributed by atoms with Crippen molar-refractivity contribution in [3.8, 4) is 0 Å². The second-order valence-corrected chi connectivity index (χ2v) is 9.53. The van der Waals surface area contributed by atoms with Crippen LogP contribution in [0.4, 0.5) is 0 Å². The second kappa shape index (κ2) is 28.9. The molecule has 0 rings (SSSR count). The highest BCUT2D eigenvalue weighted by Gasteiger charge is 2.03. The topological polar surface area (TPSA) is 94.8 Å². The first-order valence-electron chi connectivity index (χ1n) is 14.1. The van der Waals surface area contributed by atoms with Crippen LogP contribution in [0.1, 0.15) is 162 Å². The molecule has 0 aliphatic rings. The third kappa shape index (κ3) is 35.7. The lowest BCUT2D eigenvalue weighted by molar-refractivity contribution is -0.138. The second-order valence-electron chi connectivity index (χ2n) is 9.53. The predicted octanol–water partition coefficient (Wildman–Crippen LogP) is 8.52. The fourth-order valence-corrected chi connectivity index (χ4v) is 3.90. The van der Waals surface area contributed by atoms with E-state index in [1.807, 2.05) is 0 Å². The number of unbranched alkanes of at least 4 members (excludes halogenated alkanes) is 16. The quantitative estimate of drug-likeness (QED) is 0.122. The van der Waals surface area contributed by atoms with E-state index in [9.17, 15) is 14.7 Å². The lowest BCUT2D eigenvalue weighted by Crippen LogP contribution is -2.05. The third-order valence-corrected chi connectivity index (χ3v) is 6.06. The van der Waals surface area contributed by atoms with E-state index >= 15 is 0 Å². The zero-order chi connectivity index (χ0) is 25.0. The van der Waals surface area contributed by atoms with Gasteiger partial charge in [0.1, 0.15) is 0 Å². The van der Waals surface area contributed by atoms with Gasteiger partial charge in [-0.1, -0.05) is 123 Å². The maximum atomic E-state index is 10.3. The fourth-order valence-electron chi connectivity index (χ4n) is 3.90. The Bertz CT molecular complexity index is 411. The molecule has 0 aromatic carbocycles. The van der Waals surface area contributed by atoms with E-state index in [0.717, 1.165) is 51.4 Å². The molecule has 0 aromatic heterocycles. The Hall–Kier alpha value is -1.10. The normalized spacial score (nSPS) is 11.6. The molecule has 0 aliphatic carbocycles. The van der Waals surface area contributed by atoms with Gasteiger partial charge in [-0.3, -0.25) is 9.59 Å². The molecule has 0 aliphatic heterocycles. The van der Waals surface area contributed by atoms with Crippen molar-refractivity contribution in [1.29, 1.82) is 0 Å². The van der Waals surface area contributed by atoms with Crippen LogP contribution in [0, 0.1) is 0 Å². The first kappa shape index (κ1) is 34.1. The highest BCUT2D eigenvalue weighted by Crippen LogP contribution is 2.14. The Labute approximate surface area is 204 Å². The largest absolute Gasteiger partial charge is 0.481 e. The number of hydrogen-bond donors (Lipinski definition) is 3. The van der Waals surface area contributed by atoms with Crippen LogP contribution >= 0.6 is 0 Å². The van der Waals surface area contributed by atoms with Gasteiger partial charge in [-0.25, -0.2) is 0 Å². The van der Waals surface area contributed by atoms with E-state index in [4.69, 9.17) is 10.2 Å². The van der Waals surface area contributed by atoms with Crippen LogP contribution in [0.5, 0.6) is 0 Å². The fraction of sp³-hybridized carbons (Fsp3) is 0.929. The Kier molecular flexibility index (Phi) is 29.9. The van der Waals surface area contributed by atoms with E-state index in [1.54, 1.807) is 0 Å². The smallest absolute Gasteiger partial charge is 0.303 e. The SMILES string of the molecule is CCCCCCC(O)CCCCCCCCCCC(=O)O.CCCCCCCCCC(=O)O. The van der Waals surface area contributed by atoms with Gasteiger partial charge in [0.2, 0.25) is 0 Å². The van der Waals surface area contributed by atoms with Crippen LogP contribution in [0.25, 0.3) is 0 Å². The number of hydrogen-bond acceptors (Lipinski definition) is 3. The third-order valence-electron chi connectivity index (χ3n) is 6.06. The van der Waals surface area contributed by atoms with Crippen LogP contribution in [0.2, 0.25) is 0 Å². The summed E-state index contributed by atoms with van der Waals surface area (Å²) in [5.74, 6) is -1.34. The van der Waals surface area contributed by atoms with E-state index < -0.39 is 11.9 Å². The summed E-state index contributed by atoms with van der Waals surface area (Å²) < 4.78 is 0. The van der Waals surface area contributed by atoms with E-state index in [2.05, 4.69) is 13.8 Å². The summed E-state index contributed by atoms with van der Waals surface area (Å²) in [5.41, 5.74) is 0.